The number of nitrogens with zero attached hydrogens (tertiary/aromatic N) is 1. The van der Waals surface area contributed by atoms with Gasteiger partial charge in [0.2, 0.25) is 11.8 Å². The number of carboxylic acids is 1. The number of hydrogen-bond acceptors (Lipinski definition) is 3. The molecule has 1 aromatic carbocycles. The summed E-state index contributed by atoms with van der Waals surface area (Å²) in [6, 6.07) is 6.40. The Morgan fingerprint density at radius 2 is 1.92 bits per heavy atom. The monoisotopic (exact) mass is 332 g/mol. The smallest absolute Gasteiger partial charge is 0.326 e. The predicted molar refractivity (Wildman–Crippen MR) is 89.3 cm³/mol. The van der Waals surface area contributed by atoms with Gasteiger partial charge in [-0.25, -0.2) is 4.79 Å². The van der Waals surface area contributed by atoms with E-state index in [1.165, 1.54) is 11.8 Å². The van der Waals surface area contributed by atoms with Crippen LogP contribution < -0.4 is 5.32 Å². The fourth-order valence-electron chi connectivity index (χ4n) is 3.08. The van der Waals surface area contributed by atoms with E-state index in [0.29, 0.717) is 13.0 Å². The Labute approximate surface area is 141 Å². The lowest BCUT2D eigenvalue weighted by Crippen LogP contribution is -2.48. The molecule has 0 saturated carbocycles. The first-order valence-corrected chi connectivity index (χ1v) is 8.24. The van der Waals surface area contributed by atoms with Gasteiger partial charge >= 0.3 is 5.97 Å². The van der Waals surface area contributed by atoms with E-state index in [1.54, 1.807) is 0 Å². The van der Waals surface area contributed by atoms with E-state index in [-0.39, 0.29) is 18.2 Å². The third kappa shape index (κ3) is 4.57. The maximum atomic E-state index is 12.7. The van der Waals surface area contributed by atoms with Crippen molar-refractivity contribution in [1.29, 1.82) is 0 Å². The molecule has 6 heteroatoms. The molecule has 0 aromatic heterocycles. The molecule has 0 aliphatic carbocycles. The van der Waals surface area contributed by atoms with E-state index in [2.05, 4.69) is 5.32 Å². The number of carbonyl (C=O) groups excluding carboxylic acids is 2. The second-order valence-electron chi connectivity index (χ2n) is 6.30. The summed E-state index contributed by atoms with van der Waals surface area (Å²) in [6.45, 7) is 3.83. The van der Waals surface area contributed by atoms with Gasteiger partial charge in [-0.2, -0.15) is 0 Å². The summed E-state index contributed by atoms with van der Waals surface area (Å²) >= 11 is 0. The van der Waals surface area contributed by atoms with Gasteiger partial charge in [-0.15, -0.1) is 0 Å². The second kappa shape index (κ2) is 7.95. The van der Waals surface area contributed by atoms with Crippen molar-refractivity contribution in [2.75, 3.05) is 6.54 Å². The zero-order chi connectivity index (χ0) is 17.7. The highest BCUT2D eigenvalue weighted by molar-refractivity contribution is 5.85. The van der Waals surface area contributed by atoms with Crippen molar-refractivity contribution in [3.63, 3.8) is 0 Å². The number of amides is 2. The number of aliphatic carboxylic acids is 1. The normalized spacial score (nSPS) is 18.8. The van der Waals surface area contributed by atoms with Gasteiger partial charge in [-0.05, 0) is 31.7 Å². The fourth-order valence-corrected chi connectivity index (χ4v) is 3.08. The number of carboxylic acid groups (broad SMARTS) is 1. The maximum Gasteiger partial charge on any atom is 0.326 e. The van der Waals surface area contributed by atoms with Gasteiger partial charge in [0.15, 0.2) is 0 Å². The number of rotatable bonds is 5. The molecule has 1 saturated heterocycles. The van der Waals surface area contributed by atoms with E-state index < -0.39 is 18.1 Å². The van der Waals surface area contributed by atoms with E-state index in [1.807, 2.05) is 31.2 Å². The van der Waals surface area contributed by atoms with Crippen LogP contribution in [-0.4, -0.2) is 40.4 Å². The molecule has 2 N–H and O–H groups in total. The Morgan fingerprint density at radius 3 is 2.50 bits per heavy atom. The summed E-state index contributed by atoms with van der Waals surface area (Å²) in [5.74, 6) is -1.42. The molecule has 24 heavy (non-hydrogen) atoms. The van der Waals surface area contributed by atoms with Crippen LogP contribution in [0, 0.1) is 6.92 Å². The highest BCUT2D eigenvalue weighted by Gasteiger charge is 2.33. The molecule has 0 spiro atoms. The van der Waals surface area contributed by atoms with Crippen LogP contribution in [-0.2, 0) is 14.4 Å². The molecule has 130 valence electrons. The van der Waals surface area contributed by atoms with E-state index in [4.69, 9.17) is 0 Å². The van der Waals surface area contributed by atoms with Gasteiger partial charge in [0.05, 0.1) is 12.5 Å². The first-order chi connectivity index (χ1) is 11.4. The lowest BCUT2D eigenvalue weighted by Gasteiger charge is -2.34. The summed E-state index contributed by atoms with van der Waals surface area (Å²) in [6.07, 6.45) is 2.17. The van der Waals surface area contributed by atoms with E-state index in [0.717, 1.165) is 24.0 Å². The van der Waals surface area contributed by atoms with Crippen LogP contribution >= 0.6 is 0 Å². The highest BCUT2D eigenvalue weighted by atomic mass is 16.4. The molecular formula is C18H24N2O4. The van der Waals surface area contributed by atoms with Crippen molar-refractivity contribution >= 4 is 17.8 Å². The quantitative estimate of drug-likeness (QED) is 0.864. The highest BCUT2D eigenvalue weighted by Crippen LogP contribution is 2.23. The average molecular weight is 332 g/mol. The minimum Gasteiger partial charge on any atom is -0.480 e. The summed E-state index contributed by atoms with van der Waals surface area (Å²) in [5, 5.41) is 12.1. The Morgan fingerprint density at radius 1 is 1.25 bits per heavy atom. The number of hydrogen-bond donors (Lipinski definition) is 2. The van der Waals surface area contributed by atoms with Crippen molar-refractivity contribution in [1.82, 2.24) is 10.2 Å². The van der Waals surface area contributed by atoms with Crippen molar-refractivity contribution in [2.24, 2.45) is 0 Å². The molecule has 0 radical (unpaired) electrons. The molecule has 2 atom stereocenters. The zero-order valence-electron chi connectivity index (χ0n) is 14.1. The fraction of sp³-hybridized carbons (Fsp3) is 0.500. The molecule has 1 aliphatic rings. The summed E-state index contributed by atoms with van der Waals surface area (Å²) in [7, 11) is 0. The molecule has 1 unspecified atom stereocenters. The van der Waals surface area contributed by atoms with Gasteiger partial charge in [-0.1, -0.05) is 29.8 Å². The van der Waals surface area contributed by atoms with Crippen molar-refractivity contribution < 1.29 is 19.5 Å². The van der Waals surface area contributed by atoms with Gasteiger partial charge in [0.25, 0.3) is 0 Å². The van der Waals surface area contributed by atoms with Crippen molar-refractivity contribution in [3.8, 4) is 0 Å². The Hall–Kier alpha value is -2.37. The van der Waals surface area contributed by atoms with E-state index in [9.17, 15) is 19.5 Å². The molecule has 1 heterocycles. The molecular weight excluding hydrogens is 308 g/mol. The second-order valence-corrected chi connectivity index (χ2v) is 6.30. The molecule has 1 aliphatic heterocycles. The number of likely N-dealkylation sites (tertiary alicyclic amines) is 1. The third-order valence-corrected chi connectivity index (χ3v) is 4.34. The number of benzene rings is 1. The van der Waals surface area contributed by atoms with Gasteiger partial charge in [0, 0.05) is 13.5 Å². The summed E-state index contributed by atoms with van der Waals surface area (Å²) in [5.41, 5.74) is 1.93. The largest absolute Gasteiger partial charge is 0.480 e. The molecule has 1 fully saturated rings. The van der Waals surface area contributed by atoms with Crippen molar-refractivity contribution in [3.05, 3.63) is 35.4 Å². The molecule has 0 bridgehead atoms. The van der Waals surface area contributed by atoms with Gasteiger partial charge in [-0.3, -0.25) is 9.59 Å². The maximum absolute atomic E-state index is 12.7. The van der Waals surface area contributed by atoms with Crippen LogP contribution in [0.2, 0.25) is 0 Å². The van der Waals surface area contributed by atoms with Crippen LogP contribution in [0.3, 0.4) is 0 Å². The molecule has 2 amide bonds. The standard InChI is InChI=1S/C18H24N2O4/c1-12-6-8-14(9-7-12)15(19-13(2)21)11-17(22)20-10-4-3-5-16(20)18(23)24/h6-9,15-16H,3-5,10-11H2,1-2H3,(H,19,21)(H,23,24)/t15?,16-/m1/s1. The van der Waals surface area contributed by atoms with E-state index >= 15 is 0 Å². The predicted octanol–water partition coefficient (Wildman–Crippen LogP) is 2.03. The Kier molecular flexibility index (Phi) is 5.95. The number of aryl methyl sites for hydroxylation is 1. The molecule has 6 nitrogen and oxygen atoms in total. The van der Waals surface area contributed by atoms with Crippen LogP contribution in [0.1, 0.15) is 49.8 Å². The van der Waals surface area contributed by atoms with Crippen LogP contribution in [0.25, 0.3) is 0 Å². The Balaban J connectivity index is 2.15. The Bertz CT molecular complexity index is 612. The first kappa shape index (κ1) is 18.0. The third-order valence-electron chi connectivity index (χ3n) is 4.34. The topological polar surface area (TPSA) is 86.7 Å². The first-order valence-electron chi connectivity index (χ1n) is 8.24. The van der Waals surface area contributed by atoms with Gasteiger partial charge in [0.1, 0.15) is 6.04 Å². The SMILES string of the molecule is CC(=O)NC(CC(=O)N1CCCC[C@@H]1C(=O)O)c1ccc(C)cc1. The molecule has 2 rings (SSSR count). The lowest BCUT2D eigenvalue weighted by atomic mass is 9.98. The van der Waals surface area contributed by atoms with Crippen LogP contribution in [0.15, 0.2) is 24.3 Å². The summed E-state index contributed by atoms with van der Waals surface area (Å²) in [4.78, 5) is 37.0. The minimum absolute atomic E-state index is 0.0619. The summed E-state index contributed by atoms with van der Waals surface area (Å²) < 4.78 is 0. The zero-order valence-corrected chi connectivity index (χ0v) is 14.1. The average Bonchev–Trinajstić information content (AvgIpc) is 2.54. The number of piperidine rings is 1. The minimum atomic E-state index is -0.963. The van der Waals surface area contributed by atoms with Crippen LogP contribution in [0.5, 0.6) is 0 Å². The van der Waals surface area contributed by atoms with Crippen LogP contribution in [0.4, 0.5) is 0 Å². The van der Waals surface area contributed by atoms with Gasteiger partial charge < -0.3 is 15.3 Å². The number of nitrogens with one attached hydrogen (secondary N) is 1. The molecule has 1 aromatic rings. The van der Waals surface area contributed by atoms with Crippen molar-refractivity contribution in [2.45, 2.75) is 51.6 Å². The lowest BCUT2D eigenvalue weighted by molar-refractivity contribution is -0.152. The number of carbonyl (C=O) groups is 3.